The number of hydrogen-bond donors (Lipinski definition) is 1. The molecule has 2 rings (SSSR count). The van der Waals surface area contributed by atoms with Gasteiger partial charge in [-0.25, -0.2) is 9.78 Å². The Labute approximate surface area is 106 Å². The second-order valence-electron chi connectivity index (χ2n) is 3.42. The summed E-state index contributed by atoms with van der Waals surface area (Å²) in [6.45, 7) is 2.27. The first-order chi connectivity index (χ1) is 8.11. The van der Waals surface area contributed by atoms with Crippen molar-refractivity contribution in [3.63, 3.8) is 0 Å². The van der Waals surface area contributed by atoms with Gasteiger partial charge in [-0.2, -0.15) is 0 Å². The quantitative estimate of drug-likeness (QED) is 0.945. The van der Waals surface area contributed by atoms with Gasteiger partial charge in [0.1, 0.15) is 0 Å². The van der Waals surface area contributed by atoms with Crippen molar-refractivity contribution in [2.24, 2.45) is 0 Å². The third-order valence-corrected chi connectivity index (χ3v) is 2.75. The number of hydrogen-bond acceptors (Lipinski definition) is 3. The maximum absolute atomic E-state index is 10.9. The molecular weight excluding hydrogens is 286 g/mol. The lowest BCUT2D eigenvalue weighted by molar-refractivity contribution is 0.0689. The van der Waals surface area contributed by atoms with Crippen molar-refractivity contribution in [3.8, 4) is 5.88 Å². The number of halogens is 1. The molecule has 0 unspecified atom stereocenters. The summed E-state index contributed by atoms with van der Waals surface area (Å²) in [6.07, 6.45) is 0. The largest absolute Gasteiger partial charge is 0.478 e. The van der Waals surface area contributed by atoms with E-state index in [1.165, 1.54) is 6.07 Å². The average Bonchev–Trinajstić information content (AvgIpc) is 2.29. The van der Waals surface area contributed by atoms with Gasteiger partial charge >= 0.3 is 5.97 Å². The van der Waals surface area contributed by atoms with Crippen LogP contribution in [0.15, 0.2) is 28.7 Å². The molecule has 0 atom stereocenters. The molecule has 1 N–H and O–H groups in total. The van der Waals surface area contributed by atoms with E-state index in [1.54, 1.807) is 0 Å². The van der Waals surface area contributed by atoms with Crippen LogP contribution in [0.1, 0.15) is 17.4 Å². The van der Waals surface area contributed by atoms with Crippen molar-refractivity contribution in [2.75, 3.05) is 6.61 Å². The van der Waals surface area contributed by atoms with Crippen LogP contribution in [0.5, 0.6) is 5.88 Å². The Balaban J connectivity index is 2.71. The predicted molar refractivity (Wildman–Crippen MR) is 67.6 cm³/mol. The molecule has 0 fully saturated rings. The Hall–Kier alpha value is -1.62. The number of aromatic carboxylic acids is 1. The number of ether oxygens (including phenoxy) is 1. The van der Waals surface area contributed by atoms with Crippen molar-refractivity contribution in [3.05, 3.63) is 34.4 Å². The second-order valence-corrected chi connectivity index (χ2v) is 4.33. The molecule has 5 heteroatoms. The zero-order chi connectivity index (χ0) is 12.4. The summed E-state index contributed by atoms with van der Waals surface area (Å²) in [5, 5.41) is 10.6. The van der Waals surface area contributed by atoms with Gasteiger partial charge in [-0.15, -0.1) is 0 Å². The summed E-state index contributed by atoms with van der Waals surface area (Å²) < 4.78 is 6.27. The predicted octanol–water partition coefficient (Wildman–Crippen LogP) is 3.09. The lowest BCUT2D eigenvalue weighted by atomic mass is 10.1. The summed E-state index contributed by atoms with van der Waals surface area (Å²) in [6, 6.07) is 7.07. The minimum Gasteiger partial charge on any atom is -0.478 e. The van der Waals surface area contributed by atoms with Gasteiger partial charge in [-0.1, -0.05) is 22.0 Å². The number of nitrogens with zero attached hydrogens (tertiary/aromatic N) is 1. The fourth-order valence-electron chi connectivity index (χ4n) is 1.55. The highest BCUT2D eigenvalue weighted by Gasteiger charge is 2.11. The fraction of sp³-hybridized carbons (Fsp3) is 0.167. The van der Waals surface area contributed by atoms with E-state index >= 15 is 0 Å². The second kappa shape index (κ2) is 4.71. The Bertz CT molecular complexity index is 583. The molecule has 0 amide bonds. The number of carboxylic acids is 1. The van der Waals surface area contributed by atoms with Gasteiger partial charge in [0, 0.05) is 9.86 Å². The number of fused-ring (bicyclic) bond motifs is 1. The van der Waals surface area contributed by atoms with Crippen LogP contribution in [-0.2, 0) is 0 Å². The highest BCUT2D eigenvalue weighted by atomic mass is 79.9. The van der Waals surface area contributed by atoms with E-state index in [9.17, 15) is 4.79 Å². The van der Waals surface area contributed by atoms with Crippen LogP contribution in [-0.4, -0.2) is 22.7 Å². The Morgan fingerprint density at radius 1 is 1.47 bits per heavy atom. The number of aromatic nitrogens is 1. The van der Waals surface area contributed by atoms with Gasteiger partial charge in [-0.05, 0) is 30.5 Å². The Morgan fingerprint density at radius 2 is 2.24 bits per heavy atom. The SMILES string of the molecule is CCOc1nc(C(=O)O)cc2ccc(Br)cc12. The van der Waals surface area contributed by atoms with E-state index in [2.05, 4.69) is 20.9 Å². The summed E-state index contributed by atoms with van der Waals surface area (Å²) in [4.78, 5) is 14.9. The van der Waals surface area contributed by atoms with Crippen LogP contribution in [0.3, 0.4) is 0 Å². The number of benzene rings is 1. The van der Waals surface area contributed by atoms with Crippen molar-refractivity contribution in [1.82, 2.24) is 4.98 Å². The summed E-state index contributed by atoms with van der Waals surface area (Å²) in [5.74, 6) is -0.709. The van der Waals surface area contributed by atoms with Gasteiger partial charge in [0.15, 0.2) is 5.69 Å². The van der Waals surface area contributed by atoms with Crippen molar-refractivity contribution in [2.45, 2.75) is 6.92 Å². The minimum absolute atomic E-state index is 0.0109. The highest BCUT2D eigenvalue weighted by Crippen LogP contribution is 2.27. The Kier molecular flexibility index (Phi) is 3.28. The number of carboxylic acid groups (broad SMARTS) is 1. The third kappa shape index (κ3) is 2.39. The van der Waals surface area contributed by atoms with E-state index in [4.69, 9.17) is 9.84 Å². The molecule has 17 heavy (non-hydrogen) atoms. The smallest absolute Gasteiger partial charge is 0.354 e. The third-order valence-electron chi connectivity index (χ3n) is 2.26. The molecular formula is C12H10BrNO3. The molecule has 0 aliphatic heterocycles. The van der Waals surface area contributed by atoms with Gasteiger partial charge < -0.3 is 9.84 Å². The zero-order valence-corrected chi connectivity index (χ0v) is 10.7. The lowest BCUT2D eigenvalue weighted by Gasteiger charge is -2.08. The fourth-order valence-corrected chi connectivity index (χ4v) is 1.91. The molecule has 0 radical (unpaired) electrons. The normalized spacial score (nSPS) is 10.5. The van der Waals surface area contributed by atoms with Gasteiger partial charge in [0.2, 0.25) is 5.88 Å². The number of rotatable bonds is 3. The molecule has 0 aliphatic rings. The van der Waals surface area contributed by atoms with Gasteiger partial charge in [0.05, 0.1) is 6.61 Å². The molecule has 1 heterocycles. The van der Waals surface area contributed by atoms with Crippen LogP contribution in [0.4, 0.5) is 0 Å². The molecule has 88 valence electrons. The highest BCUT2D eigenvalue weighted by molar-refractivity contribution is 9.10. The average molecular weight is 296 g/mol. The molecule has 0 spiro atoms. The number of pyridine rings is 1. The summed E-state index contributed by atoms with van der Waals surface area (Å²) >= 11 is 3.37. The zero-order valence-electron chi connectivity index (χ0n) is 9.11. The van der Waals surface area contributed by atoms with Crippen LogP contribution in [0.2, 0.25) is 0 Å². The maximum atomic E-state index is 10.9. The topological polar surface area (TPSA) is 59.4 Å². The van der Waals surface area contributed by atoms with Crippen LogP contribution >= 0.6 is 15.9 Å². The lowest BCUT2D eigenvalue weighted by Crippen LogP contribution is -2.03. The van der Waals surface area contributed by atoms with Crippen molar-refractivity contribution in [1.29, 1.82) is 0 Å². The van der Waals surface area contributed by atoms with Crippen molar-refractivity contribution < 1.29 is 14.6 Å². The molecule has 0 saturated carbocycles. The molecule has 4 nitrogen and oxygen atoms in total. The molecule has 1 aromatic carbocycles. The number of carbonyl (C=O) groups is 1. The van der Waals surface area contributed by atoms with Crippen molar-refractivity contribution >= 4 is 32.7 Å². The molecule has 0 aliphatic carbocycles. The summed E-state index contributed by atoms with van der Waals surface area (Å²) in [5.41, 5.74) is -0.0109. The van der Waals surface area contributed by atoms with Crippen LogP contribution in [0, 0.1) is 0 Å². The van der Waals surface area contributed by atoms with E-state index in [0.717, 1.165) is 15.2 Å². The Morgan fingerprint density at radius 3 is 2.88 bits per heavy atom. The summed E-state index contributed by atoms with van der Waals surface area (Å²) in [7, 11) is 0. The van der Waals surface area contributed by atoms with Crippen LogP contribution in [0.25, 0.3) is 10.8 Å². The van der Waals surface area contributed by atoms with E-state index in [1.807, 2.05) is 25.1 Å². The molecule has 2 aromatic rings. The molecule has 1 aromatic heterocycles. The monoisotopic (exact) mass is 295 g/mol. The standard InChI is InChI=1S/C12H10BrNO3/c1-2-17-11-9-6-8(13)4-3-7(9)5-10(14-11)12(15)16/h3-6H,2H2,1H3,(H,15,16). The first-order valence-corrected chi connectivity index (χ1v) is 5.87. The van der Waals surface area contributed by atoms with E-state index < -0.39 is 5.97 Å². The maximum Gasteiger partial charge on any atom is 0.354 e. The first kappa shape index (κ1) is 11.9. The van der Waals surface area contributed by atoms with E-state index in [-0.39, 0.29) is 5.69 Å². The molecule has 0 saturated heterocycles. The minimum atomic E-state index is -1.06. The van der Waals surface area contributed by atoms with E-state index in [0.29, 0.717) is 12.5 Å². The van der Waals surface area contributed by atoms with Crippen LogP contribution < -0.4 is 4.74 Å². The van der Waals surface area contributed by atoms with Gasteiger partial charge in [0.25, 0.3) is 0 Å². The van der Waals surface area contributed by atoms with Gasteiger partial charge in [-0.3, -0.25) is 0 Å². The first-order valence-electron chi connectivity index (χ1n) is 5.08. The molecule has 0 bridgehead atoms.